The molecule has 24 heavy (non-hydrogen) atoms. The van der Waals surface area contributed by atoms with Crippen molar-refractivity contribution < 1.29 is 19.1 Å². The summed E-state index contributed by atoms with van der Waals surface area (Å²) in [5.41, 5.74) is 2.75. The van der Waals surface area contributed by atoms with E-state index in [2.05, 4.69) is 5.32 Å². The zero-order chi connectivity index (χ0) is 17.9. The van der Waals surface area contributed by atoms with Gasteiger partial charge in [-0.1, -0.05) is 17.7 Å². The van der Waals surface area contributed by atoms with Crippen LogP contribution in [0.1, 0.15) is 37.8 Å². The number of anilines is 1. The van der Waals surface area contributed by atoms with E-state index in [9.17, 15) is 14.4 Å². The molecule has 1 saturated heterocycles. The molecule has 2 unspecified atom stereocenters. The summed E-state index contributed by atoms with van der Waals surface area (Å²) in [5, 5.41) is 2.77. The number of hydrogen-bond donors (Lipinski definition) is 1. The number of benzene rings is 1. The quantitative estimate of drug-likeness (QED) is 0.858. The first-order valence-corrected chi connectivity index (χ1v) is 8.15. The second kappa shape index (κ2) is 7.47. The van der Waals surface area contributed by atoms with Gasteiger partial charge in [0.15, 0.2) is 6.10 Å². The van der Waals surface area contributed by atoms with Crippen LogP contribution in [-0.2, 0) is 19.1 Å². The number of nitrogens with zero attached hydrogens (tertiary/aromatic N) is 1. The van der Waals surface area contributed by atoms with Crippen LogP contribution in [0.4, 0.5) is 5.69 Å². The van der Waals surface area contributed by atoms with E-state index >= 15 is 0 Å². The fourth-order valence-electron chi connectivity index (χ4n) is 2.88. The van der Waals surface area contributed by atoms with Crippen LogP contribution in [0.3, 0.4) is 0 Å². The lowest BCUT2D eigenvalue weighted by atomic mass is 10.1. The predicted molar refractivity (Wildman–Crippen MR) is 90.5 cm³/mol. The van der Waals surface area contributed by atoms with Gasteiger partial charge in [0, 0.05) is 19.2 Å². The lowest BCUT2D eigenvalue weighted by molar-refractivity contribution is -0.159. The smallest absolute Gasteiger partial charge is 0.329 e. The molecule has 2 amide bonds. The van der Waals surface area contributed by atoms with Crippen molar-refractivity contribution in [3.63, 3.8) is 0 Å². The molecule has 2 atom stereocenters. The first kappa shape index (κ1) is 18.0. The highest BCUT2D eigenvalue weighted by atomic mass is 16.5. The second-order valence-corrected chi connectivity index (χ2v) is 6.26. The van der Waals surface area contributed by atoms with Crippen LogP contribution in [0.2, 0.25) is 0 Å². The molecular weight excluding hydrogens is 308 g/mol. The van der Waals surface area contributed by atoms with Gasteiger partial charge in [-0.2, -0.15) is 0 Å². The van der Waals surface area contributed by atoms with Crippen LogP contribution in [0.25, 0.3) is 0 Å². The van der Waals surface area contributed by atoms with E-state index in [1.54, 1.807) is 0 Å². The van der Waals surface area contributed by atoms with Gasteiger partial charge in [-0.05, 0) is 45.2 Å². The summed E-state index contributed by atoms with van der Waals surface area (Å²) < 4.78 is 5.27. The number of hydrogen-bond acceptors (Lipinski definition) is 4. The fourth-order valence-corrected chi connectivity index (χ4v) is 2.88. The van der Waals surface area contributed by atoms with Gasteiger partial charge in [-0.25, -0.2) is 4.79 Å². The zero-order valence-corrected chi connectivity index (χ0v) is 14.6. The largest absolute Gasteiger partial charge is 0.451 e. The standard InChI is InChI=1S/C18H24N2O4/c1-11-7-8-15(12(2)10-11)19-17(22)13(3)24-18(23)16-6-5-9-20(16)14(4)21/h7-8,10,13,16H,5-6,9H2,1-4H3,(H,19,22). The van der Waals surface area contributed by atoms with Gasteiger partial charge in [-0.15, -0.1) is 0 Å². The van der Waals surface area contributed by atoms with Crippen molar-refractivity contribution in [3.8, 4) is 0 Å². The van der Waals surface area contributed by atoms with E-state index in [0.717, 1.165) is 17.5 Å². The van der Waals surface area contributed by atoms with Crippen LogP contribution in [0.15, 0.2) is 18.2 Å². The highest BCUT2D eigenvalue weighted by molar-refractivity contribution is 5.96. The molecule has 1 aromatic rings. The highest BCUT2D eigenvalue weighted by Gasteiger charge is 2.35. The zero-order valence-electron chi connectivity index (χ0n) is 14.6. The monoisotopic (exact) mass is 332 g/mol. The van der Waals surface area contributed by atoms with Crippen LogP contribution in [0.5, 0.6) is 0 Å². The lowest BCUT2D eigenvalue weighted by Gasteiger charge is -2.23. The summed E-state index contributed by atoms with van der Waals surface area (Å²) in [7, 11) is 0. The minimum absolute atomic E-state index is 0.151. The molecule has 0 saturated carbocycles. The fraction of sp³-hybridized carbons (Fsp3) is 0.500. The Morgan fingerprint density at radius 3 is 2.62 bits per heavy atom. The number of carbonyl (C=O) groups is 3. The molecule has 0 aliphatic carbocycles. The van der Waals surface area contributed by atoms with Crippen molar-refractivity contribution in [3.05, 3.63) is 29.3 Å². The molecule has 0 spiro atoms. The first-order valence-electron chi connectivity index (χ1n) is 8.15. The first-order chi connectivity index (χ1) is 11.3. The SMILES string of the molecule is CC(=O)N1CCCC1C(=O)OC(C)C(=O)Nc1ccc(C)cc1C. The van der Waals surface area contributed by atoms with Crippen molar-refractivity contribution in [2.75, 3.05) is 11.9 Å². The van der Waals surface area contributed by atoms with Gasteiger partial charge >= 0.3 is 5.97 Å². The van der Waals surface area contributed by atoms with E-state index in [4.69, 9.17) is 4.74 Å². The van der Waals surface area contributed by atoms with Gasteiger partial charge in [0.25, 0.3) is 5.91 Å². The van der Waals surface area contributed by atoms with Crippen molar-refractivity contribution in [1.29, 1.82) is 0 Å². The van der Waals surface area contributed by atoms with Gasteiger partial charge < -0.3 is 15.0 Å². The van der Waals surface area contributed by atoms with E-state index in [1.807, 2.05) is 32.0 Å². The number of amides is 2. The third-order valence-corrected chi connectivity index (χ3v) is 4.23. The van der Waals surface area contributed by atoms with Crippen molar-refractivity contribution in [2.24, 2.45) is 0 Å². The summed E-state index contributed by atoms with van der Waals surface area (Å²) in [6.07, 6.45) is 0.416. The molecule has 0 radical (unpaired) electrons. The maximum Gasteiger partial charge on any atom is 0.329 e. The molecule has 2 rings (SSSR count). The van der Waals surface area contributed by atoms with Crippen LogP contribution in [0, 0.1) is 13.8 Å². The molecular formula is C18H24N2O4. The van der Waals surface area contributed by atoms with Crippen molar-refractivity contribution in [2.45, 2.75) is 52.7 Å². The Balaban J connectivity index is 1.96. The number of likely N-dealkylation sites (tertiary alicyclic amines) is 1. The average molecular weight is 332 g/mol. The van der Waals surface area contributed by atoms with Gasteiger partial charge in [0.05, 0.1) is 0 Å². The molecule has 6 nitrogen and oxygen atoms in total. The summed E-state index contributed by atoms with van der Waals surface area (Å²) >= 11 is 0. The maximum atomic E-state index is 12.2. The third kappa shape index (κ3) is 4.13. The topological polar surface area (TPSA) is 75.7 Å². The van der Waals surface area contributed by atoms with Crippen molar-refractivity contribution >= 4 is 23.5 Å². The summed E-state index contributed by atoms with van der Waals surface area (Å²) in [6.45, 7) is 7.40. The van der Waals surface area contributed by atoms with E-state index in [0.29, 0.717) is 18.7 Å². The second-order valence-electron chi connectivity index (χ2n) is 6.26. The summed E-state index contributed by atoms with van der Waals surface area (Å²) in [4.78, 5) is 37.5. The molecule has 1 aliphatic heterocycles. The molecule has 1 fully saturated rings. The number of rotatable bonds is 4. The van der Waals surface area contributed by atoms with Gasteiger partial charge in [-0.3, -0.25) is 9.59 Å². The number of carbonyl (C=O) groups excluding carboxylic acids is 3. The molecule has 0 bridgehead atoms. The number of ether oxygens (including phenoxy) is 1. The lowest BCUT2D eigenvalue weighted by Crippen LogP contribution is -2.42. The normalized spacial score (nSPS) is 18.2. The van der Waals surface area contributed by atoms with Crippen LogP contribution in [-0.4, -0.2) is 41.4 Å². The Hall–Kier alpha value is -2.37. The number of nitrogens with one attached hydrogen (secondary N) is 1. The maximum absolute atomic E-state index is 12.2. The predicted octanol–water partition coefficient (Wildman–Crippen LogP) is 2.18. The molecule has 1 aliphatic rings. The minimum atomic E-state index is -0.924. The third-order valence-electron chi connectivity index (χ3n) is 4.23. The Bertz CT molecular complexity index is 656. The van der Waals surface area contributed by atoms with E-state index in [1.165, 1.54) is 18.7 Å². The van der Waals surface area contributed by atoms with E-state index < -0.39 is 18.1 Å². The highest BCUT2D eigenvalue weighted by Crippen LogP contribution is 2.20. The molecule has 130 valence electrons. The Labute approximate surface area is 142 Å². The molecule has 1 heterocycles. The summed E-state index contributed by atoms with van der Waals surface area (Å²) in [5.74, 6) is -1.06. The Morgan fingerprint density at radius 2 is 2.00 bits per heavy atom. The Morgan fingerprint density at radius 1 is 1.29 bits per heavy atom. The van der Waals surface area contributed by atoms with E-state index in [-0.39, 0.29) is 11.8 Å². The number of aryl methyl sites for hydroxylation is 2. The molecule has 0 aromatic heterocycles. The number of esters is 1. The average Bonchev–Trinajstić information content (AvgIpc) is 2.99. The molecule has 1 aromatic carbocycles. The van der Waals surface area contributed by atoms with Crippen LogP contribution >= 0.6 is 0 Å². The Kier molecular flexibility index (Phi) is 5.59. The minimum Gasteiger partial charge on any atom is -0.451 e. The van der Waals surface area contributed by atoms with Gasteiger partial charge in [0.1, 0.15) is 6.04 Å². The van der Waals surface area contributed by atoms with Gasteiger partial charge in [0.2, 0.25) is 5.91 Å². The molecule has 6 heteroatoms. The van der Waals surface area contributed by atoms with Crippen LogP contribution < -0.4 is 5.32 Å². The van der Waals surface area contributed by atoms with Crippen molar-refractivity contribution in [1.82, 2.24) is 4.90 Å². The molecule has 1 N–H and O–H groups in total. The summed E-state index contributed by atoms with van der Waals surface area (Å²) in [6, 6.07) is 5.11.